The maximum Gasteiger partial charge on any atom is 0.317 e. The molecular weight excluding hydrogens is 270 g/mol. The van der Waals surface area contributed by atoms with Gasteiger partial charge in [0.2, 0.25) is 0 Å². The molecule has 0 spiro atoms. The molecule has 0 saturated carbocycles. The molecule has 1 aliphatic heterocycles. The van der Waals surface area contributed by atoms with Crippen LogP contribution < -0.4 is 0 Å². The summed E-state index contributed by atoms with van der Waals surface area (Å²) in [5, 5.41) is 8.67. The summed E-state index contributed by atoms with van der Waals surface area (Å²) in [5.74, 6) is -3.41. The highest BCUT2D eigenvalue weighted by Gasteiger charge is 2.26. The van der Waals surface area contributed by atoms with Gasteiger partial charge in [0.1, 0.15) is 17.2 Å². The normalized spacial score (nSPS) is 16.2. The molecule has 0 aliphatic carbocycles. The van der Waals surface area contributed by atoms with Gasteiger partial charge >= 0.3 is 5.97 Å². The third-order valence-corrected chi connectivity index (χ3v) is 3.19. The second-order valence-corrected chi connectivity index (χ2v) is 4.56. The summed E-state index contributed by atoms with van der Waals surface area (Å²) in [6.07, 6.45) is 0. The highest BCUT2D eigenvalue weighted by molar-refractivity contribution is 5.94. The Morgan fingerprint density at radius 3 is 2.15 bits per heavy atom. The molecule has 1 saturated heterocycles. The first kappa shape index (κ1) is 14.4. The van der Waals surface area contributed by atoms with Crippen molar-refractivity contribution in [3.05, 3.63) is 35.4 Å². The van der Waals surface area contributed by atoms with E-state index in [0.29, 0.717) is 13.1 Å². The van der Waals surface area contributed by atoms with Crippen molar-refractivity contribution in [3.63, 3.8) is 0 Å². The quantitative estimate of drug-likeness (QED) is 0.892. The topological polar surface area (TPSA) is 60.9 Å². The predicted molar refractivity (Wildman–Crippen MR) is 66.3 cm³/mol. The van der Waals surface area contributed by atoms with Crippen molar-refractivity contribution >= 4 is 11.9 Å². The summed E-state index contributed by atoms with van der Waals surface area (Å²) in [6.45, 7) is 1.14. The van der Waals surface area contributed by atoms with Crippen molar-refractivity contribution in [1.82, 2.24) is 9.80 Å². The Hall–Kier alpha value is -2.02. The first-order chi connectivity index (χ1) is 9.49. The van der Waals surface area contributed by atoms with Crippen LogP contribution in [0.15, 0.2) is 18.2 Å². The summed E-state index contributed by atoms with van der Waals surface area (Å²) < 4.78 is 27.1. The van der Waals surface area contributed by atoms with Crippen LogP contribution >= 0.6 is 0 Å². The number of carboxylic acids is 1. The van der Waals surface area contributed by atoms with E-state index >= 15 is 0 Å². The predicted octanol–water partition coefficient (Wildman–Crippen LogP) is 0.807. The number of carboxylic acid groups (broad SMARTS) is 1. The summed E-state index contributed by atoms with van der Waals surface area (Å²) >= 11 is 0. The van der Waals surface area contributed by atoms with Gasteiger partial charge in [0, 0.05) is 26.2 Å². The van der Waals surface area contributed by atoms with Crippen molar-refractivity contribution in [3.8, 4) is 0 Å². The number of piperazine rings is 1. The summed E-state index contributed by atoms with van der Waals surface area (Å²) in [6, 6.07) is 3.28. The monoisotopic (exact) mass is 284 g/mol. The van der Waals surface area contributed by atoms with Crippen LogP contribution in [0.5, 0.6) is 0 Å². The fraction of sp³-hybridized carbons (Fsp3) is 0.385. The molecule has 20 heavy (non-hydrogen) atoms. The first-order valence-electron chi connectivity index (χ1n) is 6.16. The highest BCUT2D eigenvalue weighted by atomic mass is 19.1. The average Bonchev–Trinajstić information content (AvgIpc) is 2.38. The lowest BCUT2D eigenvalue weighted by atomic mass is 10.1. The number of carbonyl (C=O) groups excluding carboxylic acids is 1. The van der Waals surface area contributed by atoms with Crippen LogP contribution in [0.4, 0.5) is 8.78 Å². The Kier molecular flexibility index (Phi) is 4.29. The molecule has 1 heterocycles. The molecule has 5 nitrogen and oxygen atoms in total. The smallest absolute Gasteiger partial charge is 0.317 e. The number of amides is 1. The Labute approximate surface area is 114 Å². The van der Waals surface area contributed by atoms with Gasteiger partial charge in [-0.2, -0.15) is 0 Å². The number of aliphatic carboxylic acids is 1. The van der Waals surface area contributed by atoms with E-state index in [1.807, 2.05) is 0 Å². The SMILES string of the molecule is O=C(O)CN1CCN(C(=O)c2c(F)cccc2F)CC1. The third-order valence-electron chi connectivity index (χ3n) is 3.19. The Bertz CT molecular complexity index is 508. The summed E-state index contributed by atoms with van der Waals surface area (Å²) in [5.41, 5.74) is -0.556. The molecule has 0 aromatic heterocycles. The average molecular weight is 284 g/mol. The zero-order chi connectivity index (χ0) is 14.7. The van der Waals surface area contributed by atoms with Crippen LogP contribution in [-0.4, -0.2) is 59.5 Å². The summed E-state index contributed by atoms with van der Waals surface area (Å²) in [7, 11) is 0. The van der Waals surface area contributed by atoms with Gasteiger partial charge in [-0.25, -0.2) is 8.78 Å². The fourth-order valence-corrected chi connectivity index (χ4v) is 2.16. The lowest BCUT2D eigenvalue weighted by Gasteiger charge is -2.33. The summed E-state index contributed by atoms with van der Waals surface area (Å²) in [4.78, 5) is 25.7. The number of halogens is 2. The number of benzene rings is 1. The van der Waals surface area contributed by atoms with Gasteiger partial charge in [0.15, 0.2) is 0 Å². The van der Waals surface area contributed by atoms with Gasteiger partial charge in [0.05, 0.1) is 6.54 Å². The van der Waals surface area contributed by atoms with Crippen LogP contribution in [0.3, 0.4) is 0 Å². The van der Waals surface area contributed by atoms with Gasteiger partial charge < -0.3 is 10.0 Å². The molecule has 1 fully saturated rings. The van der Waals surface area contributed by atoms with Crippen molar-refractivity contribution in [2.45, 2.75) is 0 Å². The Morgan fingerprint density at radius 1 is 1.10 bits per heavy atom. The maximum atomic E-state index is 13.5. The molecule has 1 amide bonds. The van der Waals surface area contributed by atoms with E-state index < -0.39 is 29.1 Å². The van der Waals surface area contributed by atoms with E-state index in [1.54, 1.807) is 4.90 Å². The lowest BCUT2D eigenvalue weighted by Crippen LogP contribution is -2.50. The molecule has 2 rings (SSSR count). The minimum Gasteiger partial charge on any atom is -0.480 e. The molecule has 0 radical (unpaired) electrons. The molecular formula is C13H14F2N2O3. The number of nitrogens with zero attached hydrogens (tertiary/aromatic N) is 2. The van der Waals surface area contributed by atoms with Gasteiger partial charge in [-0.1, -0.05) is 6.07 Å². The molecule has 1 aromatic rings. The maximum absolute atomic E-state index is 13.5. The van der Waals surface area contributed by atoms with E-state index in [4.69, 9.17) is 5.11 Å². The molecule has 7 heteroatoms. The van der Waals surface area contributed by atoms with E-state index in [9.17, 15) is 18.4 Å². The van der Waals surface area contributed by atoms with Gasteiger partial charge in [-0.3, -0.25) is 14.5 Å². The second-order valence-electron chi connectivity index (χ2n) is 4.56. The largest absolute Gasteiger partial charge is 0.480 e. The molecule has 1 aromatic carbocycles. The van der Waals surface area contributed by atoms with Crippen LogP contribution in [0.25, 0.3) is 0 Å². The van der Waals surface area contributed by atoms with Crippen LogP contribution in [-0.2, 0) is 4.79 Å². The van der Waals surface area contributed by atoms with Crippen LogP contribution in [0.2, 0.25) is 0 Å². The number of hydrogen-bond acceptors (Lipinski definition) is 3. The zero-order valence-corrected chi connectivity index (χ0v) is 10.7. The van der Waals surface area contributed by atoms with Crippen molar-refractivity contribution < 1.29 is 23.5 Å². The molecule has 1 aliphatic rings. The van der Waals surface area contributed by atoms with E-state index in [0.717, 1.165) is 12.1 Å². The molecule has 1 N–H and O–H groups in total. The molecule has 0 bridgehead atoms. The molecule has 0 atom stereocenters. The van der Waals surface area contributed by atoms with E-state index in [1.165, 1.54) is 11.0 Å². The first-order valence-corrected chi connectivity index (χ1v) is 6.16. The van der Waals surface area contributed by atoms with E-state index in [2.05, 4.69) is 0 Å². The standard InChI is InChI=1S/C13H14F2N2O3/c14-9-2-1-3-10(15)12(9)13(20)17-6-4-16(5-7-17)8-11(18)19/h1-3H,4-8H2,(H,18,19). The minimum atomic E-state index is -0.940. The lowest BCUT2D eigenvalue weighted by molar-refractivity contribution is -0.138. The molecule has 108 valence electrons. The van der Waals surface area contributed by atoms with Crippen molar-refractivity contribution in [2.24, 2.45) is 0 Å². The van der Waals surface area contributed by atoms with Gasteiger partial charge in [-0.05, 0) is 12.1 Å². The Balaban J connectivity index is 2.04. The fourth-order valence-electron chi connectivity index (χ4n) is 2.16. The zero-order valence-electron chi connectivity index (χ0n) is 10.7. The van der Waals surface area contributed by atoms with Gasteiger partial charge in [0.25, 0.3) is 5.91 Å². The third kappa shape index (κ3) is 3.11. The van der Waals surface area contributed by atoms with E-state index in [-0.39, 0.29) is 19.6 Å². The van der Waals surface area contributed by atoms with Crippen molar-refractivity contribution in [2.75, 3.05) is 32.7 Å². The van der Waals surface area contributed by atoms with Crippen LogP contribution in [0.1, 0.15) is 10.4 Å². The highest BCUT2D eigenvalue weighted by Crippen LogP contribution is 2.16. The van der Waals surface area contributed by atoms with Crippen molar-refractivity contribution in [1.29, 1.82) is 0 Å². The number of hydrogen-bond donors (Lipinski definition) is 1. The van der Waals surface area contributed by atoms with Crippen LogP contribution in [0, 0.1) is 11.6 Å². The number of rotatable bonds is 3. The number of carbonyl (C=O) groups is 2. The Morgan fingerprint density at radius 2 is 1.65 bits per heavy atom. The second kappa shape index (κ2) is 5.96. The minimum absolute atomic E-state index is 0.101. The van der Waals surface area contributed by atoms with Gasteiger partial charge in [-0.15, -0.1) is 0 Å². The molecule has 0 unspecified atom stereocenters.